The third-order valence-corrected chi connectivity index (χ3v) is 5.23. The quantitative estimate of drug-likeness (QED) is 0.734. The molecule has 2 aliphatic heterocycles. The van der Waals surface area contributed by atoms with E-state index in [1.807, 2.05) is 30.0 Å². The van der Waals surface area contributed by atoms with Crippen molar-refractivity contribution in [3.8, 4) is 0 Å². The van der Waals surface area contributed by atoms with Crippen molar-refractivity contribution >= 4 is 11.8 Å². The summed E-state index contributed by atoms with van der Waals surface area (Å²) in [4.78, 5) is 31.2. The number of carbonyl (C=O) groups is 2. The van der Waals surface area contributed by atoms with Crippen molar-refractivity contribution in [2.45, 2.75) is 56.7 Å². The van der Waals surface area contributed by atoms with Gasteiger partial charge in [-0.3, -0.25) is 9.59 Å². The van der Waals surface area contributed by atoms with Gasteiger partial charge in [-0.2, -0.15) is 0 Å². The summed E-state index contributed by atoms with van der Waals surface area (Å²) >= 11 is 0. The first-order valence-corrected chi connectivity index (χ1v) is 8.52. The average molecular weight is 305 g/mol. The zero-order valence-electron chi connectivity index (χ0n) is 13.7. The van der Waals surface area contributed by atoms with Crippen LogP contribution in [0.3, 0.4) is 0 Å². The van der Waals surface area contributed by atoms with Crippen molar-refractivity contribution in [2.75, 3.05) is 27.2 Å². The minimum absolute atomic E-state index is 0.00812. The second-order valence-corrected chi connectivity index (χ2v) is 7.09. The fourth-order valence-electron chi connectivity index (χ4n) is 4.14. The third kappa shape index (κ3) is 2.91. The lowest BCUT2D eigenvalue weighted by Gasteiger charge is -2.42. The summed E-state index contributed by atoms with van der Waals surface area (Å²) in [6, 6.07) is 0.438. The van der Waals surface area contributed by atoms with E-state index in [0.717, 1.165) is 38.8 Å². The number of amides is 2. The minimum Gasteiger partial charge on any atom is -0.336 e. The summed E-state index contributed by atoms with van der Waals surface area (Å²) < 4.78 is 0. The van der Waals surface area contributed by atoms with Gasteiger partial charge in [0.05, 0.1) is 6.04 Å². The molecule has 2 unspecified atom stereocenters. The Hall–Kier alpha value is -1.36. The van der Waals surface area contributed by atoms with Gasteiger partial charge in [0.25, 0.3) is 0 Å². The smallest absolute Gasteiger partial charge is 0.247 e. The van der Waals surface area contributed by atoms with Crippen LogP contribution in [0.1, 0.15) is 38.5 Å². The van der Waals surface area contributed by atoms with Gasteiger partial charge in [-0.15, -0.1) is 0 Å². The van der Waals surface area contributed by atoms with Gasteiger partial charge in [-0.25, -0.2) is 0 Å². The van der Waals surface area contributed by atoms with Crippen molar-refractivity contribution in [3.05, 3.63) is 12.2 Å². The Morgan fingerprint density at radius 2 is 1.91 bits per heavy atom. The summed E-state index contributed by atoms with van der Waals surface area (Å²) in [5.74, 6) is 0.198. The zero-order chi connectivity index (χ0) is 15.7. The van der Waals surface area contributed by atoms with Crippen LogP contribution in [0.4, 0.5) is 0 Å². The third-order valence-electron chi connectivity index (χ3n) is 5.23. The van der Waals surface area contributed by atoms with E-state index < -0.39 is 0 Å². The maximum absolute atomic E-state index is 12.8. The first-order valence-electron chi connectivity index (χ1n) is 8.52. The van der Waals surface area contributed by atoms with E-state index in [9.17, 15) is 9.59 Å². The number of hydrogen-bond acceptors (Lipinski definition) is 3. The number of likely N-dealkylation sites (tertiary alicyclic amines) is 1. The maximum atomic E-state index is 12.8. The van der Waals surface area contributed by atoms with Gasteiger partial charge in [0.2, 0.25) is 11.8 Å². The summed E-state index contributed by atoms with van der Waals surface area (Å²) in [6.07, 6.45) is 10.1. The molecule has 2 atom stereocenters. The standard InChI is InChI=1S/C17H27N3O2/c1-18(2)11-5-8-16(21)20-14-9-10-15(20)17(22)19(12-14)13-6-3-4-7-13/h5,8,13-15H,3-4,6-7,9-12H2,1-2H3/b8-5+. The molecule has 2 heterocycles. The highest BCUT2D eigenvalue weighted by atomic mass is 16.2. The molecule has 122 valence electrons. The van der Waals surface area contributed by atoms with Crippen LogP contribution in [0.15, 0.2) is 12.2 Å². The molecule has 5 heteroatoms. The van der Waals surface area contributed by atoms with E-state index in [1.54, 1.807) is 6.08 Å². The monoisotopic (exact) mass is 305 g/mol. The molecule has 0 aromatic heterocycles. The predicted octanol–water partition coefficient (Wildman–Crippen LogP) is 1.25. The first kappa shape index (κ1) is 15.5. The highest BCUT2D eigenvalue weighted by Crippen LogP contribution is 2.35. The number of nitrogens with zero attached hydrogens (tertiary/aromatic N) is 3. The topological polar surface area (TPSA) is 43.9 Å². The van der Waals surface area contributed by atoms with Gasteiger partial charge in [0.15, 0.2) is 0 Å². The molecule has 2 amide bonds. The van der Waals surface area contributed by atoms with E-state index >= 15 is 0 Å². The predicted molar refractivity (Wildman–Crippen MR) is 85.3 cm³/mol. The average Bonchev–Trinajstić information content (AvgIpc) is 3.10. The molecule has 0 spiro atoms. The fraction of sp³-hybridized carbons (Fsp3) is 0.765. The van der Waals surface area contributed by atoms with E-state index in [1.165, 1.54) is 12.8 Å². The lowest BCUT2D eigenvalue weighted by Crippen LogP contribution is -2.60. The zero-order valence-corrected chi connectivity index (χ0v) is 13.7. The summed E-state index contributed by atoms with van der Waals surface area (Å²) in [6.45, 7) is 1.49. The molecule has 5 nitrogen and oxygen atoms in total. The fourth-order valence-corrected chi connectivity index (χ4v) is 4.14. The van der Waals surface area contributed by atoms with E-state index in [4.69, 9.17) is 0 Å². The molecule has 0 aromatic rings. The van der Waals surface area contributed by atoms with Crippen molar-refractivity contribution in [1.82, 2.24) is 14.7 Å². The van der Waals surface area contributed by atoms with Crippen LogP contribution in [0.2, 0.25) is 0 Å². The Labute approximate surface area is 132 Å². The first-order chi connectivity index (χ1) is 10.6. The molecule has 3 rings (SSSR count). The molecule has 2 saturated heterocycles. The molecule has 0 N–H and O–H groups in total. The van der Waals surface area contributed by atoms with Crippen LogP contribution in [0.25, 0.3) is 0 Å². The number of rotatable bonds is 4. The van der Waals surface area contributed by atoms with Crippen molar-refractivity contribution in [3.63, 3.8) is 0 Å². The van der Waals surface area contributed by atoms with Crippen LogP contribution in [0.5, 0.6) is 0 Å². The van der Waals surface area contributed by atoms with Crippen LogP contribution in [-0.4, -0.2) is 71.8 Å². The van der Waals surface area contributed by atoms with Crippen LogP contribution in [-0.2, 0) is 9.59 Å². The van der Waals surface area contributed by atoms with E-state index in [-0.39, 0.29) is 23.9 Å². The Kier molecular flexibility index (Phi) is 4.52. The van der Waals surface area contributed by atoms with Crippen LogP contribution < -0.4 is 0 Å². The van der Waals surface area contributed by atoms with Gasteiger partial charge in [0.1, 0.15) is 6.04 Å². The minimum atomic E-state index is -0.212. The molecule has 22 heavy (non-hydrogen) atoms. The summed E-state index contributed by atoms with van der Waals surface area (Å²) in [7, 11) is 3.95. The molecule has 0 radical (unpaired) electrons. The highest BCUT2D eigenvalue weighted by molar-refractivity contribution is 5.95. The Balaban J connectivity index is 1.67. The normalized spacial score (nSPS) is 29.3. The number of piperazine rings is 1. The molecule has 1 aliphatic carbocycles. The molecular formula is C17H27N3O2. The van der Waals surface area contributed by atoms with Gasteiger partial charge in [-0.05, 0) is 39.8 Å². The molecular weight excluding hydrogens is 278 g/mol. The lowest BCUT2D eigenvalue weighted by molar-refractivity contribution is -0.151. The van der Waals surface area contributed by atoms with Crippen LogP contribution >= 0.6 is 0 Å². The van der Waals surface area contributed by atoms with Crippen molar-refractivity contribution < 1.29 is 9.59 Å². The largest absolute Gasteiger partial charge is 0.336 e. The van der Waals surface area contributed by atoms with Crippen molar-refractivity contribution in [2.24, 2.45) is 0 Å². The van der Waals surface area contributed by atoms with Gasteiger partial charge in [0, 0.05) is 25.2 Å². The van der Waals surface area contributed by atoms with E-state index in [0.29, 0.717) is 6.04 Å². The van der Waals surface area contributed by atoms with Gasteiger partial charge in [-0.1, -0.05) is 18.9 Å². The number of fused-ring (bicyclic) bond motifs is 2. The lowest BCUT2D eigenvalue weighted by atomic mass is 10.1. The number of hydrogen-bond donors (Lipinski definition) is 0. The number of carbonyl (C=O) groups excluding carboxylic acids is 2. The van der Waals surface area contributed by atoms with Crippen molar-refractivity contribution in [1.29, 1.82) is 0 Å². The molecule has 3 aliphatic rings. The Bertz CT molecular complexity index is 469. The molecule has 1 saturated carbocycles. The highest BCUT2D eigenvalue weighted by Gasteiger charge is 2.48. The maximum Gasteiger partial charge on any atom is 0.247 e. The molecule has 2 bridgehead atoms. The SMILES string of the molecule is CN(C)C/C=C/C(=O)N1C2CCC1C(=O)N(C1CCCC1)C2. The van der Waals surface area contributed by atoms with E-state index in [2.05, 4.69) is 4.90 Å². The second-order valence-electron chi connectivity index (χ2n) is 7.09. The Morgan fingerprint density at radius 3 is 2.59 bits per heavy atom. The van der Waals surface area contributed by atoms with Crippen LogP contribution in [0, 0.1) is 0 Å². The summed E-state index contributed by atoms with van der Waals surface area (Å²) in [5.41, 5.74) is 0. The molecule has 0 aromatic carbocycles. The second kappa shape index (κ2) is 6.41. The molecule has 3 fully saturated rings. The van der Waals surface area contributed by atoms with Gasteiger partial charge < -0.3 is 14.7 Å². The summed E-state index contributed by atoms with van der Waals surface area (Å²) in [5, 5.41) is 0. The van der Waals surface area contributed by atoms with Gasteiger partial charge >= 0.3 is 0 Å². The Morgan fingerprint density at radius 1 is 1.18 bits per heavy atom. The number of likely N-dealkylation sites (N-methyl/N-ethyl adjacent to an activating group) is 1.